The summed E-state index contributed by atoms with van der Waals surface area (Å²) < 4.78 is 17.9. The largest absolute Gasteiger partial charge is 0.493 e. The van der Waals surface area contributed by atoms with Crippen molar-refractivity contribution >= 4 is 40.5 Å². The summed E-state index contributed by atoms with van der Waals surface area (Å²) in [6, 6.07) is 10.5. The van der Waals surface area contributed by atoms with E-state index >= 15 is 0 Å². The quantitative estimate of drug-likeness (QED) is 0.290. The molecular formula is C29H33ClN2O8S. The van der Waals surface area contributed by atoms with Gasteiger partial charge in [0.15, 0.2) is 11.5 Å². The fraction of sp³-hybridized carbons (Fsp3) is 0.414. The summed E-state index contributed by atoms with van der Waals surface area (Å²) in [7, 11) is 3.04. The number of hydrogen-bond acceptors (Lipinski definition) is 9. The Labute approximate surface area is 247 Å². The number of hydrogen-bond donors (Lipinski definition) is 3. The lowest BCUT2D eigenvalue weighted by atomic mass is 9.92. The fourth-order valence-corrected chi connectivity index (χ4v) is 5.83. The van der Waals surface area contributed by atoms with Gasteiger partial charge in [0.2, 0.25) is 0 Å². The second kappa shape index (κ2) is 12.7. The van der Waals surface area contributed by atoms with Crippen LogP contribution in [0.5, 0.6) is 11.5 Å². The average Bonchev–Trinajstić information content (AvgIpc) is 3.37. The fourth-order valence-electron chi connectivity index (χ4n) is 4.84. The number of aliphatic carboxylic acids is 1. The van der Waals surface area contributed by atoms with E-state index in [4.69, 9.17) is 25.8 Å². The van der Waals surface area contributed by atoms with E-state index in [1.165, 1.54) is 19.7 Å². The number of aliphatic hydroxyl groups is 2. The van der Waals surface area contributed by atoms with Gasteiger partial charge in [-0.25, -0.2) is 4.98 Å². The van der Waals surface area contributed by atoms with Gasteiger partial charge in [0, 0.05) is 46.8 Å². The summed E-state index contributed by atoms with van der Waals surface area (Å²) >= 11 is 7.58. The Hall–Kier alpha value is -3.22. The average molecular weight is 605 g/mol. The molecule has 220 valence electrons. The third-order valence-electron chi connectivity index (χ3n) is 6.86. The minimum absolute atomic E-state index is 0.0328. The van der Waals surface area contributed by atoms with Crippen LogP contribution in [-0.4, -0.2) is 65.7 Å². The molecule has 0 fully saturated rings. The van der Waals surface area contributed by atoms with Crippen LogP contribution in [0.15, 0.2) is 41.9 Å². The lowest BCUT2D eigenvalue weighted by Crippen LogP contribution is -2.46. The molecule has 2 heterocycles. The van der Waals surface area contributed by atoms with E-state index in [1.807, 2.05) is 19.9 Å². The van der Waals surface area contributed by atoms with Gasteiger partial charge < -0.3 is 34.4 Å². The molecule has 0 spiro atoms. The van der Waals surface area contributed by atoms with Crippen LogP contribution in [0.25, 0.3) is 0 Å². The van der Waals surface area contributed by atoms with Crippen molar-refractivity contribution < 1.29 is 39.1 Å². The van der Waals surface area contributed by atoms with Gasteiger partial charge in [-0.15, -0.1) is 11.3 Å². The van der Waals surface area contributed by atoms with Crippen molar-refractivity contribution in [2.45, 2.75) is 45.0 Å². The van der Waals surface area contributed by atoms with Crippen LogP contribution in [0.1, 0.15) is 54.2 Å². The molecule has 3 aromatic rings. The molecule has 12 heteroatoms. The molecule has 2 aromatic carbocycles. The Morgan fingerprint density at radius 3 is 2.63 bits per heavy atom. The molecule has 4 rings (SSSR count). The number of halogens is 1. The minimum Gasteiger partial charge on any atom is -0.493 e. The minimum atomic E-state index is -1.29. The molecule has 0 aliphatic carbocycles. The third-order valence-corrected chi connectivity index (χ3v) is 8.06. The van der Waals surface area contributed by atoms with Crippen molar-refractivity contribution in [1.29, 1.82) is 0 Å². The molecule has 1 aromatic heterocycles. The lowest BCUT2D eigenvalue weighted by molar-refractivity contribution is -0.139. The SMILES string of the molecule is COc1cccc([C@H]2O[C@H](Cc3ncsc3C(O)CC(=O)O)C(=O)N(CC(C)(C)CO)c3ccc(Cl)cc32)c1OC. The number of carbonyl (C=O) groups excluding carboxylic acids is 1. The molecule has 1 unspecified atom stereocenters. The predicted molar refractivity (Wildman–Crippen MR) is 154 cm³/mol. The summed E-state index contributed by atoms with van der Waals surface area (Å²) in [5, 5.41) is 30.3. The second-order valence-electron chi connectivity index (χ2n) is 10.5. The number of anilines is 1. The smallest absolute Gasteiger partial charge is 0.306 e. The number of aliphatic hydroxyl groups excluding tert-OH is 2. The first-order valence-electron chi connectivity index (χ1n) is 12.9. The maximum atomic E-state index is 14.3. The van der Waals surface area contributed by atoms with Gasteiger partial charge in [0.1, 0.15) is 18.3 Å². The number of benzene rings is 2. The van der Waals surface area contributed by atoms with Crippen molar-refractivity contribution in [1.82, 2.24) is 4.98 Å². The zero-order valence-electron chi connectivity index (χ0n) is 23.2. The topological polar surface area (TPSA) is 139 Å². The Morgan fingerprint density at radius 2 is 1.98 bits per heavy atom. The molecule has 3 atom stereocenters. The molecule has 1 aliphatic heterocycles. The number of methoxy groups -OCH3 is 2. The van der Waals surface area contributed by atoms with Crippen LogP contribution in [0.2, 0.25) is 5.02 Å². The number of aromatic nitrogens is 1. The standard InChI is InChI=1S/C29H33ClN2O8S/c1-29(2,14-33)13-32-20-9-8-16(30)10-18(20)25(17-6-5-7-22(38-3)26(17)39-4)40-23(28(32)37)11-19-27(41-15-31-19)21(34)12-24(35)36/h5-10,15,21,23,25,33-34H,11-14H2,1-4H3,(H,35,36)/t21?,23-,25-/m1/s1. The van der Waals surface area contributed by atoms with Crippen LogP contribution < -0.4 is 14.4 Å². The Balaban J connectivity index is 1.88. The first-order chi connectivity index (χ1) is 19.5. The number of amides is 1. The Morgan fingerprint density at radius 1 is 1.22 bits per heavy atom. The molecule has 1 amide bonds. The summed E-state index contributed by atoms with van der Waals surface area (Å²) in [6.07, 6.45) is -3.76. The van der Waals surface area contributed by atoms with E-state index < -0.39 is 36.1 Å². The first kappa shape index (κ1) is 30.7. The number of thiazole rings is 1. The van der Waals surface area contributed by atoms with E-state index in [0.717, 1.165) is 11.3 Å². The van der Waals surface area contributed by atoms with Crippen LogP contribution >= 0.6 is 22.9 Å². The van der Waals surface area contributed by atoms with E-state index in [1.54, 1.807) is 35.2 Å². The van der Waals surface area contributed by atoms with E-state index in [-0.39, 0.29) is 25.5 Å². The van der Waals surface area contributed by atoms with Gasteiger partial charge in [-0.1, -0.05) is 37.6 Å². The van der Waals surface area contributed by atoms with Gasteiger partial charge in [-0.05, 0) is 24.3 Å². The Bertz CT molecular complexity index is 1410. The number of nitrogens with zero attached hydrogens (tertiary/aromatic N) is 2. The highest BCUT2D eigenvalue weighted by Gasteiger charge is 2.40. The van der Waals surface area contributed by atoms with Crippen molar-refractivity contribution in [3.8, 4) is 11.5 Å². The van der Waals surface area contributed by atoms with Gasteiger partial charge in [-0.3, -0.25) is 9.59 Å². The van der Waals surface area contributed by atoms with Crippen LogP contribution in [0.3, 0.4) is 0 Å². The van der Waals surface area contributed by atoms with Crippen molar-refractivity contribution in [2.75, 3.05) is 32.3 Å². The highest BCUT2D eigenvalue weighted by molar-refractivity contribution is 7.09. The highest BCUT2D eigenvalue weighted by Crippen LogP contribution is 2.46. The van der Waals surface area contributed by atoms with E-state index in [9.17, 15) is 24.9 Å². The number of carboxylic acids is 1. The van der Waals surface area contributed by atoms with E-state index in [0.29, 0.717) is 43.9 Å². The molecule has 41 heavy (non-hydrogen) atoms. The number of ether oxygens (including phenoxy) is 3. The normalized spacial score (nSPS) is 18.0. The summed E-state index contributed by atoms with van der Waals surface area (Å²) in [5.41, 5.74) is 2.97. The zero-order valence-corrected chi connectivity index (χ0v) is 24.7. The van der Waals surface area contributed by atoms with Crippen molar-refractivity contribution in [3.05, 3.63) is 68.6 Å². The Kier molecular flexibility index (Phi) is 9.55. The van der Waals surface area contributed by atoms with Gasteiger partial charge >= 0.3 is 5.97 Å². The van der Waals surface area contributed by atoms with Crippen LogP contribution in [0.4, 0.5) is 5.69 Å². The molecule has 3 N–H and O–H groups in total. The number of para-hydroxylation sites is 1. The molecule has 0 saturated heterocycles. The maximum Gasteiger partial charge on any atom is 0.306 e. The number of carbonyl (C=O) groups is 2. The van der Waals surface area contributed by atoms with E-state index in [2.05, 4.69) is 4.98 Å². The summed E-state index contributed by atoms with van der Waals surface area (Å²) in [4.78, 5) is 31.8. The molecule has 10 nitrogen and oxygen atoms in total. The summed E-state index contributed by atoms with van der Waals surface area (Å²) in [5.74, 6) is -0.645. The number of rotatable bonds is 11. The monoisotopic (exact) mass is 604 g/mol. The van der Waals surface area contributed by atoms with Crippen LogP contribution in [0, 0.1) is 5.41 Å². The molecule has 0 bridgehead atoms. The second-order valence-corrected chi connectivity index (χ2v) is 11.8. The molecule has 0 radical (unpaired) electrons. The number of carboxylic acid groups (broad SMARTS) is 1. The van der Waals surface area contributed by atoms with Crippen molar-refractivity contribution in [3.63, 3.8) is 0 Å². The predicted octanol–water partition coefficient (Wildman–Crippen LogP) is 4.40. The molecular weight excluding hydrogens is 572 g/mol. The van der Waals surface area contributed by atoms with Gasteiger partial charge in [0.05, 0.1) is 36.7 Å². The van der Waals surface area contributed by atoms with Gasteiger partial charge in [-0.2, -0.15) is 0 Å². The van der Waals surface area contributed by atoms with Crippen molar-refractivity contribution in [2.24, 2.45) is 5.41 Å². The van der Waals surface area contributed by atoms with Crippen LogP contribution in [-0.2, 0) is 20.7 Å². The maximum absolute atomic E-state index is 14.3. The highest BCUT2D eigenvalue weighted by atomic mass is 35.5. The number of fused-ring (bicyclic) bond motifs is 1. The molecule has 0 saturated carbocycles. The lowest BCUT2D eigenvalue weighted by Gasteiger charge is -2.32. The third kappa shape index (κ3) is 6.65. The summed E-state index contributed by atoms with van der Waals surface area (Å²) in [6.45, 7) is 3.69. The van der Waals surface area contributed by atoms with Gasteiger partial charge in [0.25, 0.3) is 5.91 Å². The zero-order chi connectivity index (χ0) is 29.9. The molecule has 1 aliphatic rings. The first-order valence-corrected chi connectivity index (χ1v) is 14.2.